The standard InChI is InChI=1S/C19H28O6/c1-5-7-8-9-10-12-14(20)13(11-6-2)16(21)15-17(22)24-19(3,4)25-18(15)23/h6,13,15H,2,5,7-12H2,1,3-4H3. The van der Waals surface area contributed by atoms with E-state index in [-0.39, 0.29) is 18.6 Å². The molecule has 0 aromatic heterocycles. The lowest BCUT2D eigenvalue weighted by Crippen LogP contribution is -2.51. The van der Waals surface area contributed by atoms with Crippen molar-refractivity contribution in [1.82, 2.24) is 0 Å². The smallest absolute Gasteiger partial charge is 0.331 e. The summed E-state index contributed by atoms with van der Waals surface area (Å²) in [5, 5.41) is 0. The molecule has 0 N–H and O–H groups in total. The first-order chi connectivity index (χ1) is 11.7. The Kier molecular flexibility index (Phi) is 8.00. The van der Waals surface area contributed by atoms with Crippen molar-refractivity contribution in [1.29, 1.82) is 0 Å². The van der Waals surface area contributed by atoms with Gasteiger partial charge in [0, 0.05) is 20.3 Å². The van der Waals surface area contributed by atoms with E-state index >= 15 is 0 Å². The third kappa shape index (κ3) is 6.11. The van der Waals surface area contributed by atoms with E-state index in [4.69, 9.17) is 9.47 Å². The molecule has 0 amide bonds. The highest BCUT2D eigenvalue weighted by Crippen LogP contribution is 2.27. The van der Waals surface area contributed by atoms with Gasteiger partial charge in [0.05, 0.1) is 5.92 Å². The van der Waals surface area contributed by atoms with Crippen LogP contribution in [0.15, 0.2) is 12.7 Å². The molecule has 0 radical (unpaired) electrons. The first-order valence-electron chi connectivity index (χ1n) is 8.86. The van der Waals surface area contributed by atoms with Crippen LogP contribution in [-0.4, -0.2) is 29.3 Å². The van der Waals surface area contributed by atoms with E-state index in [0.29, 0.717) is 6.42 Å². The van der Waals surface area contributed by atoms with Crippen molar-refractivity contribution >= 4 is 23.5 Å². The van der Waals surface area contributed by atoms with Gasteiger partial charge in [-0.1, -0.05) is 38.7 Å². The maximum Gasteiger partial charge on any atom is 0.331 e. The lowest BCUT2D eigenvalue weighted by Gasteiger charge is -2.33. The fourth-order valence-corrected chi connectivity index (χ4v) is 2.80. The average molecular weight is 352 g/mol. The van der Waals surface area contributed by atoms with Gasteiger partial charge >= 0.3 is 11.9 Å². The number of carbonyl (C=O) groups excluding carboxylic acids is 4. The van der Waals surface area contributed by atoms with Gasteiger partial charge in [-0.25, -0.2) is 0 Å². The number of cyclic esters (lactones) is 2. The second-order valence-electron chi connectivity index (χ2n) is 6.78. The summed E-state index contributed by atoms with van der Waals surface area (Å²) in [5.41, 5.74) is 0. The number of hydrogen-bond acceptors (Lipinski definition) is 6. The van der Waals surface area contributed by atoms with Crippen molar-refractivity contribution < 1.29 is 28.7 Å². The molecule has 0 saturated carbocycles. The Labute approximate surface area is 148 Å². The fourth-order valence-electron chi connectivity index (χ4n) is 2.80. The molecule has 0 spiro atoms. The maximum absolute atomic E-state index is 12.6. The summed E-state index contributed by atoms with van der Waals surface area (Å²) >= 11 is 0. The molecule has 6 nitrogen and oxygen atoms in total. The second kappa shape index (κ2) is 9.49. The van der Waals surface area contributed by atoms with Crippen LogP contribution in [0.25, 0.3) is 0 Å². The van der Waals surface area contributed by atoms with Gasteiger partial charge in [-0.05, 0) is 12.8 Å². The van der Waals surface area contributed by atoms with E-state index < -0.39 is 35.3 Å². The van der Waals surface area contributed by atoms with Crippen LogP contribution in [-0.2, 0) is 28.7 Å². The highest BCUT2D eigenvalue weighted by Gasteiger charge is 2.49. The first kappa shape index (κ1) is 21.1. The number of ketones is 2. The van der Waals surface area contributed by atoms with Gasteiger partial charge in [0.1, 0.15) is 5.78 Å². The number of Topliss-reactive ketones (excluding diaryl/α,β-unsaturated/α-hetero) is 2. The highest BCUT2D eigenvalue weighted by molar-refractivity contribution is 6.20. The number of esters is 2. The molecular weight excluding hydrogens is 324 g/mol. The van der Waals surface area contributed by atoms with Crippen LogP contribution in [0.1, 0.15) is 65.7 Å². The van der Waals surface area contributed by atoms with Crippen molar-refractivity contribution in [3.8, 4) is 0 Å². The Bertz CT molecular complexity index is 514. The molecule has 0 aliphatic carbocycles. The molecule has 1 atom stereocenters. The average Bonchev–Trinajstić information content (AvgIpc) is 2.50. The molecule has 1 unspecified atom stereocenters. The summed E-state index contributed by atoms with van der Waals surface area (Å²) < 4.78 is 9.94. The number of hydrogen-bond donors (Lipinski definition) is 0. The van der Waals surface area contributed by atoms with Crippen molar-refractivity contribution in [3.63, 3.8) is 0 Å². The van der Waals surface area contributed by atoms with Crippen molar-refractivity contribution in [2.45, 2.75) is 71.5 Å². The van der Waals surface area contributed by atoms with Crippen LogP contribution in [0, 0.1) is 11.8 Å². The lowest BCUT2D eigenvalue weighted by atomic mass is 9.85. The molecule has 1 saturated heterocycles. The van der Waals surface area contributed by atoms with E-state index in [1.54, 1.807) is 0 Å². The Morgan fingerprint density at radius 3 is 2.20 bits per heavy atom. The molecule has 0 bridgehead atoms. The van der Waals surface area contributed by atoms with Crippen LogP contribution >= 0.6 is 0 Å². The Morgan fingerprint density at radius 2 is 1.68 bits per heavy atom. The number of unbranched alkanes of at least 4 members (excludes halogenated alkanes) is 4. The Hall–Kier alpha value is -1.98. The molecule has 1 fully saturated rings. The molecule has 1 rings (SSSR count). The third-order valence-corrected chi connectivity index (χ3v) is 4.11. The van der Waals surface area contributed by atoms with Crippen LogP contribution < -0.4 is 0 Å². The van der Waals surface area contributed by atoms with Crippen LogP contribution in [0.5, 0.6) is 0 Å². The van der Waals surface area contributed by atoms with E-state index in [1.165, 1.54) is 19.9 Å². The van der Waals surface area contributed by atoms with Crippen LogP contribution in [0.4, 0.5) is 0 Å². The van der Waals surface area contributed by atoms with Crippen molar-refractivity contribution in [2.75, 3.05) is 0 Å². The molecule has 0 aromatic rings. The van der Waals surface area contributed by atoms with E-state index in [2.05, 4.69) is 13.5 Å². The monoisotopic (exact) mass is 352 g/mol. The van der Waals surface area contributed by atoms with E-state index in [1.807, 2.05) is 0 Å². The summed E-state index contributed by atoms with van der Waals surface area (Å²) in [6.07, 6.45) is 6.64. The van der Waals surface area contributed by atoms with E-state index in [0.717, 1.165) is 25.7 Å². The van der Waals surface area contributed by atoms with Gasteiger partial charge in [0.2, 0.25) is 5.92 Å². The number of allylic oxidation sites excluding steroid dienone is 1. The molecule has 140 valence electrons. The summed E-state index contributed by atoms with van der Waals surface area (Å²) in [5.74, 6) is -7.11. The summed E-state index contributed by atoms with van der Waals surface area (Å²) in [6.45, 7) is 8.48. The molecule has 1 heterocycles. The lowest BCUT2D eigenvalue weighted by molar-refractivity contribution is -0.238. The fraction of sp³-hybridized carbons (Fsp3) is 0.684. The van der Waals surface area contributed by atoms with Gasteiger partial charge < -0.3 is 9.47 Å². The molecule has 0 aromatic carbocycles. The van der Waals surface area contributed by atoms with E-state index in [9.17, 15) is 19.2 Å². The van der Waals surface area contributed by atoms with Crippen LogP contribution in [0.3, 0.4) is 0 Å². The molecule has 1 aliphatic heterocycles. The maximum atomic E-state index is 12.6. The van der Waals surface area contributed by atoms with Gasteiger partial charge in [-0.2, -0.15) is 0 Å². The van der Waals surface area contributed by atoms with Crippen LogP contribution in [0.2, 0.25) is 0 Å². The molecular formula is C19H28O6. The quantitative estimate of drug-likeness (QED) is 0.246. The zero-order chi connectivity index (χ0) is 19.0. The minimum atomic E-state index is -1.69. The SMILES string of the molecule is C=CCC(C(=O)CCCCCCC)C(=O)C1C(=O)OC(C)(C)OC1=O. The van der Waals surface area contributed by atoms with Gasteiger partial charge in [-0.3, -0.25) is 19.2 Å². The minimum absolute atomic E-state index is 0.0904. The third-order valence-electron chi connectivity index (χ3n) is 4.11. The normalized spacial score (nSPS) is 18.2. The van der Waals surface area contributed by atoms with Gasteiger partial charge in [0.25, 0.3) is 5.79 Å². The molecule has 25 heavy (non-hydrogen) atoms. The predicted octanol–water partition coefficient (Wildman–Crippen LogP) is 3.13. The zero-order valence-corrected chi connectivity index (χ0v) is 15.3. The minimum Gasteiger partial charge on any atom is -0.422 e. The molecule has 1 aliphatic rings. The summed E-state index contributed by atoms with van der Waals surface area (Å²) in [4.78, 5) is 49.1. The predicted molar refractivity (Wildman–Crippen MR) is 91.4 cm³/mol. The largest absolute Gasteiger partial charge is 0.422 e. The zero-order valence-electron chi connectivity index (χ0n) is 15.3. The summed E-state index contributed by atoms with van der Waals surface area (Å²) in [7, 11) is 0. The molecule has 6 heteroatoms. The highest BCUT2D eigenvalue weighted by atomic mass is 16.7. The van der Waals surface area contributed by atoms with Gasteiger partial charge in [0.15, 0.2) is 5.78 Å². The van der Waals surface area contributed by atoms with Gasteiger partial charge in [-0.15, -0.1) is 6.58 Å². The number of rotatable bonds is 11. The van der Waals surface area contributed by atoms with Crippen molar-refractivity contribution in [2.24, 2.45) is 11.8 Å². The number of ether oxygens (including phenoxy) is 2. The Balaban J connectivity index is 2.75. The first-order valence-corrected chi connectivity index (χ1v) is 8.86. The van der Waals surface area contributed by atoms with Crippen molar-refractivity contribution in [3.05, 3.63) is 12.7 Å². The Morgan fingerprint density at radius 1 is 1.12 bits per heavy atom. The summed E-state index contributed by atoms with van der Waals surface area (Å²) in [6, 6.07) is 0. The second-order valence-corrected chi connectivity index (χ2v) is 6.78. The number of carbonyl (C=O) groups is 4. The topological polar surface area (TPSA) is 86.7 Å².